The number of aromatic nitrogens is 2. The van der Waals surface area contributed by atoms with Crippen LogP contribution in [0.5, 0.6) is 0 Å². The van der Waals surface area contributed by atoms with Gasteiger partial charge in [-0.25, -0.2) is 4.98 Å². The van der Waals surface area contributed by atoms with Gasteiger partial charge in [-0.1, -0.05) is 6.07 Å². The number of amides is 2. The Hall–Kier alpha value is -3.37. The number of nitrogens with zero attached hydrogens (tertiary/aromatic N) is 3. The van der Waals surface area contributed by atoms with Gasteiger partial charge in [-0.3, -0.25) is 20.3 Å². The van der Waals surface area contributed by atoms with E-state index in [1.807, 2.05) is 5.32 Å². The second-order valence-electron chi connectivity index (χ2n) is 7.06. The summed E-state index contributed by atoms with van der Waals surface area (Å²) in [4.78, 5) is 29.8. The minimum Gasteiger partial charge on any atom is -0.370 e. The lowest BCUT2D eigenvalue weighted by Crippen LogP contribution is -2.40. The Morgan fingerprint density at radius 1 is 1.27 bits per heavy atom. The number of benzene rings is 1. The molecule has 11 heteroatoms. The number of likely N-dealkylation sites (tertiary alicyclic amines) is 1. The molecule has 8 nitrogen and oxygen atoms in total. The number of hydrogen-bond acceptors (Lipinski definition) is 4. The van der Waals surface area contributed by atoms with Crippen LogP contribution >= 0.6 is 0 Å². The van der Waals surface area contributed by atoms with Gasteiger partial charge in [0.2, 0.25) is 5.91 Å². The Morgan fingerprint density at radius 2 is 1.97 bits per heavy atom. The highest BCUT2D eigenvalue weighted by molar-refractivity contribution is 6.04. The summed E-state index contributed by atoms with van der Waals surface area (Å²) in [6.07, 6.45) is 0.901. The van der Waals surface area contributed by atoms with E-state index in [1.54, 1.807) is 21.9 Å². The van der Waals surface area contributed by atoms with E-state index in [1.165, 1.54) is 18.5 Å². The van der Waals surface area contributed by atoms with Crippen molar-refractivity contribution in [2.45, 2.75) is 31.5 Å². The van der Waals surface area contributed by atoms with Crippen molar-refractivity contribution in [1.82, 2.24) is 19.8 Å². The van der Waals surface area contributed by atoms with Crippen molar-refractivity contribution in [2.75, 3.05) is 13.1 Å². The molecule has 160 valence electrons. The maximum atomic E-state index is 13.7. The fourth-order valence-electron chi connectivity index (χ4n) is 3.57. The number of piperidine rings is 1. The van der Waals surface area contributed by atoms with E-state index < -0.39 is 23.6 Å². The van der Waals surface area contributed by atoms with Crippen molar-refractivity contribution in [3.63, 3.8) is 0 Å². The third-order valence-corrected chi connectivity index (χ3v) is 5.03. The molecule has 0 spiro atoms. The summed E-state index contributed by atoms with van der Waals surface area (Å²) in [7, 11) is 0. The largest absolute Gasteiger partial charge is 0.416 e. The van der Waals surface area contributed by atoms with Gasteiger partial charge in [-0.05, 0) is 36.5 Å². The fraction of sp³-hybridized carbons (Fsp3) is 0.368. The monoisotopic (exact) mass is 422 g/mol. The molecule has 0 unspecified atom stereocenters. The maximum absolute atomic E-state index is 13.7. The number of rotatable bonds is 4. The zero-order chi connectivity index (χ0) is 21.9. The highest BCUT2D eigenvalue weighted by atomic mass is 19.4. The molecule has 2 aromatic rings. The number of nitrogens with one attached hydrogen (secondary N) is 2. The van der Waals surface area contributed by atoms with Crippen molar-refractivity contribution in [3.05, 3.63) is 53.6 Å². The van der Waals surface area contributed by atoms with E-state index in [4.69, 9.17) is 11.1 Å². The number of guanidine groups is 1. The Labute approximate surface area is 170 Å². The van der Waals surface area contributed by atoms with Crippen molar-refractivity contribution in [2.24, 2.45) is 5.73 Å². The zero-order valence-corrected chi connectivity index (χ0v) is 15.9. The molecule has 4 N–H and O–H groups in total. The van der Waals surface area contributed by atoms with Gasteiger partial charge in [0.05, 0.1) is 11.9 Å². The second kappa shape index (κ2) is 8.56. The Kier molecular flexibility index (Phi) is 6.09. The minimum absolute atomic E-state index is 0.101. The molecule has 1 aliphatic heterocycles. The predicted molar refractivity (Wildman–Crippen MR) is 102 cm³/mol. The first-order valence-corrected chi connectivity index (χ1v) is 9.25. The second-order valence-corrected chi connectivity index (χ2v) is 7.06. The fourth-order valence-corrected chi connectivity index (χ4v) is 3.57. The van der Waals surface area contributed by atoms with Crippen molar-refractivity contribution >= 4 is 17.8 Å². The molecule has 0 saturated carbocycles. The van der Waals surface area contributed by atoms with Crippen LogP contribution in [0, 0.1) is 5.41 Å². The lowest BCUT2D eigenvalue weighted by atomic mass is 9.85. The molecule has 2 heterocycles. The lowest BCUT2D eigenvalue weighted by molar-refractivity contribution is -0.139. The molecule has 3 rings (SSSR count). The van der Waals surface area contributed by atoms with Gasteiger partial charge in [0.15, 0.2) is 5.96 Å². The van der Waals surface area contributed by atoms with Gasteiger partial charge >= 0.3 is 6.18 Å². The molecule has 0 bridgehead atoms. The number of halogens is 3. The number of carbonyl (C=O) groups excluding carboxylic acids is 2. The molecule has 30 heavy (non-hydrogen) atoms. The number of imidazole rings is 1. The van der Waals surface area contributed by atoms with Gasteiger partial charge in [0.25, 0.3) is 5.91 Å². The molecule has 1 aliphatic rings. The molecular formula is C19H21F3N6O2. The smallest absolute Gasteiger partial charge is 0.370 e. The first-order chi connectivity index (χ1) is 14.1. The van der Waals surface area contributed by atoms with Crippen molar-refractivity contribution in [1.29, 1.82) is 5.41 Å². The van der Waals surface area contributed by atoms with E-state index in [9.17, 15) is 22.8 Å². The predicted octanol–water partition coefficient (Wildman–Crippen LogP) is 1.93. The van der Waals surface area contributed by atoms with Crippen molar-refractivity contribution in [3.8, 4) is 0 Å². The van der Waals surface area contributed by atoms with E-state index in [0.29, 0.717) is 25.9 Å². The van der Waals surface area contributed by atoms with E-state index in [2.05, 4.69) is 4.98 Å². The van der Waals surface area contributed by atoms with Crippen molar-refractivity contribution < 1.29 is 22.8 Å². The van der Waals surface area contributed by atoms with Crippen LogP contribution in [0.3, 0.4) is 0 Å². The summed E-state index contributed by atoms with van der Waals surface area (Å²) in [6.45, 7) is 0.836. The molecule has 1 aromatic carbocycles. The normalized spacial score (nSPS) is 15.1. The van der Waals surface area contributed by atoms with Crippen LogP contribution in [0.1, 0.15) is 40.2 Å². The SMILES string of the molecule is N=C(N)NC(=O)c1ccc(C2CCN(C(=O)Cn3ccnc3)CC2)c(C(F)(F)F)c1. The van der Waals surface area contributed by atoms with Gasteiger partial charge in [-0.15, -0.1) is 0 Å². The van der Waals surface area contributed by atoms with Crippen LogP contribution in [-0.2, 0) is 17.5 Å². The van der Waals surface area contributed by atoms with Gasteiger partial charge in [0, 0.05) is 31.0 Å². The molecule has 2 amide bonds. The maximum Gasteiger partial charge on any atom is 0.416 e. The molecule has 1 fully saturated rings. The zero-order valence-electron chi connectivity index (χ0n) is 15.9. The van der Waals surface area contributed by atoms with Crippen LogP contribution in [0.2, 0.25) is 0 Å². The average Bonchev–Trinajstić information content (AvgIpc) is 3.19. The van der Waals surface area contributed by atoms with Crippen LogP contribution in [-0.4, -0.2) is 45.3 Å². The Balaban J connectivity index is 1.73. The van der Waals surface area contributed by atoms with E-state index in [-0.39, 0.29) is 29.5 Å². The summed E-state index contributed by atoms with van der Waals surface area (Å²) >= 11 is 0. The third-order valence-electron chi connectivity index (χ3n) is 5.03. The standard InChI is InChI=1S/C19H21F3N6O2/c20-19(21,22)15-9-13(17(30)26-18(23)24)1-2-14(15)12-3-6-28(7-4-12)16(29)10-27-8-5-25-11-27/h1-2,5,8-9,11-12H,3-4,6-7,10H2,(H4,23,24,26,30). The molecule has 0 aliphatic carbocycles. The van der Waals surface area contributed by atoms with Crippen LogP contribution in [0.15, 0.2) is 36.9 Å². The molecular weight excluding hydrogens is 401 g/mol. The van der Waals surface area contributed by atoms with Gasteiger partial charge in [0.1, 0.15) is 6.54 Å². The number of nitrogens with two attached hydrogens (primary N) is 1. The summed E-state index contributed by atoms with van der Waals surface area (Å²) < 4.78 is 42.6. The number of alkyl halides is 3. The Bertz CT molecular complexity index is 934. The summed E-state index contributed by atoms with van der Waals surface area (Å²) in [6, 6.07) is 3.37. The van der Waals surface area contributed by atoms with Gasteiger partial charge in [-0.2, -0.15) is 13.2 Å². The topological polar surface area (TPSA) is 117 Å². The summed E-state index contributed by atoms with van der Waals surface area (Å²) in [5.74, 6) is -2.02. The first kappa shape index (κ1) is 21.3. The van der Waals surface area contributed by atoms with Gasteiger partial charge < -0.3 is 15.2 Å². The van der Waals surface area contributed by atoms with Crippen LogP contribution < -0.4 is 11.1 Å². The first-order valence-electron chi connectivity index (χ1n) is 9.25. The third kappa shape index (κ3) is 4.97. The number of carbonyl (C=O) groups is 2. The number of hydrogen-bond donors (Lipinski definition) is 3. The highest BCUT2D eigenvalue weighted by Gasteiger charge is 2.37. The molecule has 0 radical (unpaired) electrons. The van der Waals surface area contributed by atoms with Crippen LogP contribution in [0.25, 0.3) is 0 Å². The average molecular weight is 422 g/mol. The quantitative estimate of drug-likeness (QED) is 0.516. The molecule has 0 atom stereocenters. The lowest BCUT2D eigenvalue weighted by Gasteiger charge is -2.33. The van der Waals surface area contributed by atoms with E-state index in [0.717, 1.165) is 6.07 Å². The summed E-state index contributed by atoms with van der Waals surface area (Å²) in [5, 5.41) is 9.03. The highest BCUT2D eigenvalue weighted by Crippen LogP contribution is 2.39. The Morgan fingerprint density at radius 3 is 2.53 bits per heavy atom. The molecule has 1 aromatic heterocycles. The molecule has 1 saturated heterocycles. The summed E-state index contributed by atoms with van der Waals surface area (Å²) in [5.41, 5.74) is 4.06. The minimum atomic E-state index is -4.64. The van der Waals surface area contributed by atoms with Crippen LogP contribution in [0.4, 0.5) is 13.2 Å². The van der Waals surface area contributed by atoms with E-state index >= 15 is 0 Å².